The number of esters is 2. The van der Waals surface area contributed by atoms with Gasteiger partial charge >= 0.3 is 11.9 Å². The van der Waals surface area contributed by atoms with Gasteiger partial charge in [-0.05, 0) is 51.4 Å². The number of ether oxygens (including phenoxy) is 2. The summed E-state index contributed by atoms with van der Waals surface area (Å²) in [7, 11) is 0. The monoisotopic (exact) mass is 586 g/mol. The van der Waals surface area contributed by atoms with Gasteiger partial charge in [-0.25, -0.2) is 0 Å². The molecule has 1 atom stereocenters. The minimum atomic E-state index is -0.792. The Hall–Kier alpha value is -2.40. The largest absolute Gasteiger partial charge is 0.462 e. The molecule has 0 aliphatic rings. The summed E-state index contributed by atoms with van der Waals surface area (Å²) in [6.07, 6.45) is 41.3. The van der Waals surface area contributed by atoms with Gasteiger partial charge in [-0.1, -0.05) is 139 Å². The molecule has 42 heavy (non-hydrogen) atoms. The van der Waals surface area contributed by atoms with E-state index in [-0.39, 0.29) is 25.2 Å². The van der Waals surface area contributed by atoms with Crippen LogP contribution in [0.3, 0.4) is 0 Å². The summed E-state index contributed by atoms with van der Waals surface area (Å²) in [5, 5.41) is 9.49. The van der Waals surface area contributed by atoms with E-state index in [4.69, 9.17) is 9.47 Å². The first kappa shape index (κ1) is 39.6. The van der Waals surface area contributed by atoms with Crippen LogP contribution < -0.4 is 0 Å². The Kier molecular flexibility index (Phi) is 31.2. The number of hydrogen-bond donors (Lipinski definition) is 1. The summed E-state index contributed by atoms with van der Waals surface area (Å²) in [5.74, 6) is -0.665. The second-order valence-electron chi connectivity index (χ2n) is 10.9. The van der Waals surface area contributed by atoms with Gasteiger partial charge in [0.05, 0.1) is 6.61 Å². The van der Waals surface area contributed by atoms with E-state index in [0.29, 0.717) is 19.3 Å². The Labute approximate surface area is 258 Å². The van der Waals surface area contributed by atoms with Gasteiger partial charge in [0.25, 0.3) is 0 Å². The van der Waals surface area contributed by atoms with E-state index < -0.39 is 6.10 Å². The molecule has 0 saturated heterocycles. The molecule has 0 heterocycles. The first-order chi connectivity index (χ1) is 20.6. The molecule has 0 aliphatic heterocycles. The summed E-state index contributed by atoms with van der Waals surface area (Å²) in [4.78, 5) is 24.1. The van der Waals surface area contributed by atoms with Gasteiger partial charge in [0.2, 0.25) is 0 Å². The van der Waals surface area contributed by atoms with E-state index >= 15 is 0 Å². The smallest absolute Gasteiger partial charge is 0.306 e. The Morgan fingerprint density at radius 3 is 1.52 bits per heavy atom. The van der Waals surface area contributed by atoms with Crippen LogP contribution in [-0.2, 0) is 19.1 Å². The van der Waals surface area contributed by atoms with Crippen molar-refractivity contribution in [2.45, 2.75) is 148 Å². The molecule has 240 valence electrons. The molecule has 0 aromatic carbocycles. The van der Waals surface area contributed by atoms with Gasteiger partial charge in [0, 0.05) is 12.8 Å². The Morgan fingerprint density at radius 2 is 1.02 bits per heavy atom. The van der Waals surface area contributed by atoms with Gasteiger partial charge in [-0.15, -0.1) is 0 Å². The lowest BCUT2D eigenvalue weighted by molar-refractivity contribution is -0.161. The second-order valence-corrected chi connectivity index (χ2v) is 10.9. The quantitative estimate of drug-likeness (QED) is 0.0536. The van der Waals surface area contributed by atoms with Crippen LogP contribution in [0.4, 0.5) is 0 Å². The van der Waals surface area contributed by atoms with Crippen molar-refractivity contribution in [3.8, 4) is 0 Å². The molecule has 0 aromatic heterocycles. The molecular formula is C37H62O5. The van der Waals surface area contributed by atoms with Crippen LogP contribution in [0.25, 0.3) is 0 Å². The Morgan fingerprint density at radius 1 is 0.571 bits per heavy atom. The topological polar surface area (TPSA) is 72.8 Å². The van der Waals surface area contributed by atoms with E-state index in [1.807, 2.05) is 0 Å². The predicted molar refractivity (Wildman–Crippen MR) is 177 cm³/mol. The van der Waals surface area contributed by atoms with Gasteiger partial charge < -0.3 is 14.6 Å². The SMILES string of the molecule is CC/C=C/C/C=C/C/C=C/C/C=C/C/C=C/CCCC(=O)OC[C@H](CO)OC(=O)CCCCCCCCCCCCC. The molecule has 5 heteroatoms. The van der Waals surface area contributed by atoms with Crippen LogP contribution in [0, 0.1) is 0 Å². The zero-order valence-electron chi connectivity index (χ0n) is 27.0. The molecule has 0 aromatic rings. The Balaban J connectivity index is 3.72. The zero-order chi connectivity index (χ0) is 30.8. The normalized spacial score (nSPS) is 12.9. The van der Waals surface area contributed by atoms with Crippen LogP contribution in [0.5, 0.6) is 0 Å². The first-order valence-corrected chi connectivity index (χ1v) is 16.8. The first-order valence-electron chi connectivity index (χ1n) is 16.8. The minimum absolute atomic E-state index is 0.0962. The molecule has 0 aliphatic carbocycles. The van der Waals surface area contributed by atoms with Gasteiger partial charge in [-0.2, -0.15) is 0 Å². The number of hydrogen-bond acceptors (Lipinski definition) is 5. The number of carbonyl (C=O) groups excluding carboxylic acids is 2. The molecule has 0 bridgehead atoms. The number of rotatable bonds is 29. The summed E-state index contributed by atoms with van der Waals surface area (Å²) in [6, 6.07) is 0. The lowest BCUT2D eigenvalue weighted by atomic mass is 10.1. The zero-order valence-corrected chi connectivity index (χ0v) is 27.0. The molecular weight excluding hydrogens is 524 g/mol. The average Bonchev–Trinajstić information content (AvgIpc) is 2.99. The molecule has 0 rings (SSSR count). The molecule has 0 amide bonds. The highest BCUT2D eigenvalue weighted by Crippen LogP contribution is 2.12. The third-order valence-corrected chi connectivity index (χ3v) is 6.83. The summed E-state index contributed by atoms with van der Waals surface area (Å²) >= 11 is 0. The maximum atomic E-state index is 12.1. The van der Waals surface area contributed by atoms with E-state index in [9.17, 15) is 14.7 Å². The molecule has 0 spiro atoms. The summed E-state index contributed by atoms with van der Waals surface area (Å²) in [6.45, 7) is 3.94. The van der Waals surface area contributed by atoms with Crippen LogP contribution in [0.1, 0.15) is 142 Å². The maximum absolute atomic E-state index is 12.1. The van der Waals surface area contributed by atoms with Crippen molar-refractivity contribution in [2.24, 2.45) is 0 Å². The molecule has 0 unspecified atom stereocenters. The van der Waals surface area contributed by atoms with Gasteiger partial charge in [0.15, 0.2) is 6.10 Å². The predicted octanol–water partition coefficient (Wildman–Crippen LogP) is 10.1. The van der Waals surface area contributed by atoms with Crippen molar-refractivity contribution in [2.75, 3.05) is 13.2 Å². The third kappa shape index (κ3) is 30.6. The van der Waals surface area contributed by atoms with E-state index in [0.717, 1.165) is 57.8 Å². The molecule has 0 saturated carbocycles. The highest BCUT2D eigenvalue weighted by molar-refractivity contribution is 5.70. The van der Waals surface area contributed by atoms with Crippen molar-refractivity contribution in [1.82, 2.24) is 0 Å². The standard InChI is InChI=1S/C37H62O5/c1-3-5-7-9-11-13-15-16-17-18-19-20-22-23-25-27-29-31-36(39)41-34-35(33-38)42-37(40)32-30-28-26-24-21-14-12-10-8-6-4-2/h5,7,11,13,16-17,19-20,23,25,35,38H,3-4,6,8-10,12,14-15,18,21-22,24,26-34H2,1-2H3/b7-5+,13-11+,17-16+,20-19+,25-23+/t35-/m0/s1. The third-order valence-electron chi connectivity index (χ3n) is 6.83. The van der Waals surface area contributed by atoms with E-state index in [2.05, 4.69) is 74.6 Å². The Bertz CT molecular complexity index is 762. The van der Waals surface area contributed by atoms with E-state index in [1.54, 1.807) is 0 Å². The minimum Gasteiger partial charge on any atom is -0.462 e. The lowest BCUT2D eigenvalue weighted by Crippen LogP contribution is -2.28. The highest BCUT2D eigenvalue weighted by atomic mass is 16.6. The molecule has 0 radical (unpaired) electrons. The number of unbranched alkanes of at least 4 members (excludes halogenated alkanes) is 11. The van der Waals surface area contributed by atoms with Crippen molar-refractivity contribution in [3.63, 3.8) is 0 Å². The van der Waals surface area contributed by atoms with Crippen LogP contribution in [0.15, 0.2) is 60.8 Å². The number of aliphatic hydroxyl groups excluding tert-OH is 1. The van der Waals surface area contributed by atoms with Crippen LogP contribution >= 0.6 is 0 Å². The fourth-order valence-electron chi connectivity index (χ4n) is 4.29. The van der Waals surface area contributed by atoms with Crippen molar-refractivity contribution < 1.29 is 24.2 Å². The number of aliphatic hydroxyl groups is 1. The summed E-state index contributed by atoms with van der Waals surface area (Å²) < 4.78 is 10.5. The second kappa shape index (κ2) is 33.1. The van der Waals surface area contributed by atoms with Gasteiger partial charge in [0.1, 0.15) is 6.61 Å². The van der Waals surface area contributed by atoms with Crippen LogP contribution in [0.2, 0.25) is 0 Å². The average molecular weight is 587 g/mol. The molecule has 0 fully saturated rings. The fourth-order valence-corrected chi connectivity index (χ4v) is 4.29. The fraction of sp³-hybridized carbons (Fsp3) is 0.676. The van der Waals surface area contributed by atoms with Crippen molar-refractivity contribution >= 4 is 11.9 Å². The maximum Gasteiger partial charge on any atom is 0.306 e. The lowest BCUT2D eigenvalue weighted by Gasteiger charge is -2.15. The molecule has 5 nitrogen and oxygen atoms in total. The van der Waals surface area contributed by atoms with Crippen LogP contribution in [-0.4, -0.2) is 36.4 Å². The number of allylic oxidation sites excluding steroid dienone is 10. The van der Waals surface area contributed by atoms with Gasteiger partial charge in [-0.3, -0.25) is 9.59 Å². The number of carbonyl (C=O) groups is 2. The van der Waals surface area contributed by atoms with Crippen molar-refractivity contribution in [1.29, 1.82) is 0 Å². The van der Waals surface area contributed by atoms with Crippen molar-refractivity contribution in [3.05, 3.63) is 60.8 Å². The molecule has 1 N–H and O–H groups in total. The van der Waals surface area contributed by atoms with E-state index in [1.165, 1.54) is 51.4 Å². The highest BCUT2D eigenvalue weighted by Gasteiger charge is 2.15. The summed E-state index contributed by atoms with van der Waals surface area (Å²) in [5.41, 5.74) is 0.